The summed E-state index contributed by atoms with van der Waals surface area (Å²) in [4.78, 5) is 25.8. The lowest BCUT2D eigenvalue weighted by molar-refractivity contribution is -0.170. The van der Waals surface area contributed by atoms with E-state index in [1.54, 1.807) is 25.7 Å². The fraction of sp³-hybridized carbons (Fsp3) is 0.875. The first kappa shape index (κ1) is 18.9. The van der Waals surface area contributed by atoms with E-state index >= 15 is 0 Å². The Bertz CT molecular complexity index is 419. The summed E-state index contributed by atoms with van der Waals surface area (Å²) in [7, 11) is 0. The Hall–Kier alpha value is -1.14. The minimum absolute atomic E-state index is 0.415. The summed E-state index contributed by atoms with van der Waals surface area (Å²) in [5, 5.41) is 9.61. The molecule has 1 heterocycles. The van der Waals surface area contributed by atoms with Crippen molar-refractivity contribution in [3.8, 4) is 0 Å². The molecule has 0 radical (unpaired) electrons. The Kier molecular flexibility index (Phi) is 5.98. The molecule has 1 rings (SSSR count). The Labute approximate surface area is 133 Å². The number of esters is 1. The molecule has 1 saturated heterocycles. The Morgan fingerprint density at radius 1 is 1.45 bits per heavy atom. The quantitative estimate of drug-likeness (QED) is 0.727. The highest BCUT2D eigenvalue weighted by Gasteiger charge is 2.56. The average Bonchev–Trinajstić information content (AvgIpc) is 2.72. The van der Waals surface area contributed by atoms with Gasteiger partial charge in [-0.3, -0.25) is 9.69 Å². The van der Waals surface area contributed by atoms with Gasteiger partial charge in [-0.1, -0.05) is 20.3 Å². The van der Waals surface area contributed by atoms with Crippen LogP contribution >= 0.6 is 0 Å². The topological polar surface area (TPSA) is 92.9 Å². The van der Waals surface area contributed by atoms with Gasteiger partial charge in [0.25, 0.3) is 0 Å². The van der Waals surface area contributed by atoms with Gasteiger partial charge in [-0.05, 0) is 39.5 Å². The molecule has 128 valence electrons. The van der Waals surface area contributed by atoms with Gasteiger partial charge < -0.3 is 15.6 Å². The smallest absolute Gasteiger partial charge is 0.339 e. The van der Waals surface area contributed by atoms with Crippen LogP contribution in [-0.2, 0) is 14.3 Å². The van der Waals surface area contributed by atoms with Crippen molar-refractivity contribution in [1.82, 2.24) is 4.90 Å². The van der Waals surface area contributed by atoms with Gasteiger partial charge in [-0.2, -0.15) is 0 Å². The monoisotopic (exact) mass is 314 g/mol. The van der Waals surface area contributed by atoms with E-state index in [1.165, 1.54) is 0 Å². The number of ether oxygens (including phenoxy) is 1. The number of aliphatic carboxylic acids is 1. The maximum absolute atomic E-state index is 12.3. The predicted octanol–water partition coefficient (Wildman–Crippen LogP) is 1.83. The summed E-state index contributed by atoms with van der Waals surface area (Å²) in [6.07, 6.45) is 2.32. The molecule has 0 amide bonds. The van der Waals surface area contributed by atoms with E-state index in [-0.39, 0.29) is 0 Å². The van der Waals surface area contributed by atoms with E-state index in [0.29, 0.717) is 25.4 Å². The highest BCUT2D eigenvalue weighted by atomic mass is 16.6. The molecule has 6 nitrogen and oxygen atoms in total. The van der Waals surface area contributed by atoms with E-state index in [9.17, 15) is 14.7 Å². The van der Waals surface area contributed by atoms with Crippen molar-refractivity contribution in [2.24, 2.45) is 17.6 Å². The molecule has 6 heteroatoms. The van der Waals surface area contributed by atoms with Crippen molar-refractivity contribution in [3.05, 3.63) is 0 Å². The molecule has 0 aromatic heterocycles. The maximum Gasteiger partial charge on any atom is 0.339 e. The number of hydrogen-bond acceptors (Lipinski definition) is 5. The van der Waals surface area contributed by atoms with Crippen molar-refractivity contribution in [2.75, 3.05) is 13.1 Å². The van der Waals surface area contributed by atoms with Gasteiger partial charge >= 0.3 is 11.9 Å². The van der Waals surface area contributed by atoms with E-state index < -0.39 is 29.1 Å². The Morgan fingerprint density at radius 2 is 2.05 bits per heavy atom. The van der Waals surface area contributed by atoms with Crippen LogP contribution in [0.1, 0.15) is 53.9 Å². The summed E-state index contributed by atoms with van der Waals surface area (Å²) in [6, 6.07) is 0. The minimum Gasteiger partial charge on any atom is -0.479 e. The van der Waals surface area contributed by atoms with Crippen LogP contribution in [-0.4, -0.2) is 46.3 Å². The molecule has 1 fully saturated rings. The molecular formula is C16H30N2O4. The van der Waals surface area contributed by atoms with Crippen LogP contribution in [0.15, 0.2) is 0 Å². The van der Waals surface area contributed by atoms with E-state index in [0.717, 1.165) is 12.8 Å². The van der Waals surface area contributed by atoms with Crippen LogP contribution in [0.3, 0.4) is 0 Å². The number of carbonyl (C=O) groups is 2. The van der Waals surface area contributed by atoms with Crippen LogP contribution in [0.25, 0.3) is 0 Å². The minimum atomic E-state index is -1.67. The highest BCUT2D eigenvalue weighted by Crippen LogP contribution is 2.34. The van der Waals surface area contributed by atoms with E-state index in [1.807, 2.05) is 0 Å². The molecule has 0 spiro atoms. The number of hydrogen-bond donors (Lipinski definition) is 2. The highest BCUT2D eigenvalue weighted by molar-refractivity contribution is 5.87. The van der Waals surface area contributed by atoms with Crippen LogP contribution in [0.2, 0.25) is 0 Å². The van der Waals surface area contributed by atoms with Crippen molar-refractivity contribution >= 4 is 11.9 Å². The van der Waals surface area contributed by atoms with Crippen molar-refractivity contribution in [2.45, 2.75) is 65.1 Å². The van der Waals surface area contributed by atoms with Gasteiger partial charge in [-0.25, -0.2) is 4.79 Å². The molecule has 0 bridgehead atoms. The van der Waals surface area contributed by atoms with Gasteiger partial charge in [0.05, 0.1) is 0 Å². The zero-order chi connectivity index (χ0) is 17.1. The number of carboxylic acids is 1. The molecule has 3 N–H and O–H groups in total. The van der Waals surface area contributed by atoms with Crippen molar-refractivity contribution in [3.63, 3.8) is 0 Å². The molecule has 1 aliphatic rings. The third kappa shape index (κ3) is 4.20. The lowest BCUT2D eigenvalue weighted by Gasteiger charge is -2.35. The first-order chi connectivity index (χ1) is 10.0. The molecule has 22 heavy (non-hydrogen) atoms. The molecule has 1 aliphatic heterocycles. The fourth-order valence-electron chi connectivity index (χ4n) is 2.74. The predicted molar refractivity (Wildman–Crippen MR) is 84.2 cm³/mol. The molecule has 0 aromatic rings. The zero-order valence-corrected chi connectivity index (χ0v) is 14.4. The lowest BCUT2D eigenvalue weighted by atomic mass is 9.93. The van der Waals surface area contributed by atoms with Gasteiger partial charge in [0.15, 0.2) is 5.66 Å². The second-order valence-electron chi connectivity index (χ2n) is 7.29. The van der Waals surface area contributed by atoms with Crippen molar-refractivity contribution in [1.29, 1.82) is 0 Å². The Morgan fingerprint density at radius 3 is 2.50 bits per heavy atom. The van der Waals surface area contributed by atoms with Gasteiger partial charge in [0, 0.05) is 13.1 Å². The SMILES string of the molecule is CCC(C)CCN1CC[C@H](C(=O)OC(C)(C)C)[C@@]1(N)C(=O)O. The van der Waals surface area contributed by atoms with Gasteiger partial charge in [0.2, 0.25) is 0 Å². The van der Waals surface area contributed by atoms with Crippen LogP contribution in [0.4, 0.5) is 0 Å². The number of likely N-dealkylation sites (tertiary alicyclic amines) is 1. The molecule has 0 aliphatic carbocycles. The van der Waals surface area contributed by atoms with Crippen LogP contribution in [0.5, 0.6) is 0 Å². The third-order valence-corrected chi connectivity index (χ3v) is 4.36. The van der Waals surface area contributed by atoms with Gasteiger partial charge in [0.1, 0.15) is 11.5 Å². The number of carbonyl (C=O) groups excluding carboxylic acids is 1. The summed E-state index contributed by atoms with van der Waals surface area (Å²) in [5.41, 5.74) is 3.84. The van der Waals surface area contributed by atoms with Gasteiger partial charge in [-0.15, -0.1) is 0 Å². The molecule has 3 atom stereocenters. The largest absolute Gasteiger partial charge is 0.479 e. The second kappa shape index (κ2) is 6.96. The van der Waals surface area contributed by atoms with Crippen LogP contribution < -0.4 is 5.73 Å². The first-order valence-corrected chi connectivity index (χ1v) is 8.02. The normalized spacial score (nSPS) is 27.6. The number of carboxylic acid groups (broad SMARTS) is 1. The third-order valence-electron chi connectivity index (χ3n) is 4.36. The van der Waals surface area contributed by atoms with Crippen LogP contribution in [0, 0.1) is 11.8 Å². The first-order valence-electron chi connectivity index (χ1n) is 8.02. The summed E-state index contributed by atoms with van der Waals surface area (Å²) >= 11 is 0. The number of nitrogens with zero attached hydrogens (tertiary/aromatic N) is 1. The van der Waals surface area contributed by atoms with Crippen molar-refractivity contribution < 1.29 is 19.4 Å². The standard InChI is InChI=1S/C16H30N2O4/c1-6-11(2)7-9-18-10-8-12(16(18,17)14(20)21)13(19)22-15(3,4)5/h11-12H,6-10,17H2,1-5H3,(H,20,21)/t11?,12-,16+/m1/s1. The number of rotatable bonds is 6. The molecule has 0 aromatic carbocycles. The Balaban J connectivity index is 2.88. The molecule has 0 saturated carbocycles. The maximum atomic E-state index is 12.3. The average molecular weight is 314 g/mol. The molecule has 1 unspecified atom stereocenters. The zero-order valence-electron chi connectivity index (χ0n) is 14.4. The number of nitrogens with two attached hydrogens (primary N) is 1. The second-order valence-corrected chi connectivity index (χ2v) is 7.29. The summed E-state index contributed by atoms with van der Waals surface area (Å²) < 4.78 is 5.35. The summed E-state index contributed by atoms with van der Waals surface area (Å²) in [6.45, 7) is 10.6. The van der Waals surface area contributed by atoms with E-state index in [4.69, 9.17) is 10.5 Å². The summed E-state index contributed by atoms with van der Waals surface area (Å²) in [5.74, 6) is -2.02. The fourth-order valence-corrected chi connectivity index (χ4v) is 2.74. The molecular weight excluding hydrogens is 284 g/mol. The lowest BCUT2D eigenvalue weighted by Crippen LogP contribution is -2.63. The van der Waals surface area contributed by atoms with E-state index in [2.05, 4.69) is 13.8 Å².